The number of nitrogens with zero attached hydrogens (tertiary/aromatic N) is 2. The zero-order valence-corrected chi connectivity index (χ0v) is 9.41. The van der Waals surface area contributed by atoms with Crippen LogP contribution >= 0.6 is 15.9 Å². The lowest BCUT2D eigenvalue weighted by atomic mass is 10.0. The maximum absolute atomic E-state index is 11.0. The highest BCUT2D eigenvalue weighted by Gasteiger charge is 2.29. The molecule has 14 heavy (non-hydrogen) atoms. The predicted octanol–water partition coefficient (Wildman–Crippen LogP) is 1.92. The monoisotopic (exact) mass is 258 g/mol. The van der Waals surface area contributed by atoms with E-state index in [1.165, 1.54) is 0 Å². The van der Waals surface area contributed by atoms with Gasteiger partial charge < -0.3 is 9.67 Å². The number of carboxylic acids is 1. The van der Waals surface area contributed by atoms with Crippen LogP contribution in [0.5, 0.6) is 0 Å². The van der Waals surface area contributed by atoms with Crippen LogP contribution in [0.1, 0.15) is 30.3 Å². The number of hydrogen-bond acceptors (Lipinski definition) is 2. The molecule has 1 N–H and O–H groups in total. The second-order valence-corrected chi connectivity index (χ2v) is 4.24. The molecular weight excluding hydrogens is 248 g/mol. The van der Waals surface area contributed by atoms with E-state index in [0.717, 1.165) is 24.2 Å². The molecule has 1 aliphatic heterocycles. The van der Waals surface area contributed by atoms with Crippen molar-refractivity contribution in [2.45, 2.75) is 32.2 Å². The molecule has 1 aromatic heterocycles. The highest BCUT2D eigenvalue weighted by molar-refractivity contribution is 9.10. The third-order valence-electron chi connectivity index (χ3n) is 2.66. The highest BCUT2D eigenvalue weighted by Crippen LogP contribution is 2.30. The Labute approximate surface area is 90.1 Å². The van der Waals surface area contributed by atoms with Gasteiger partial charge in [-0.25, -0.2) is 9.78 Å². The summed E-state index contributed by atoms with van der Waals surface area (Å²) in [6.07, 6.45) is 2.54. The van der Waals surface area contributed by atoms with Crippen molar-refractivity contribution < 1.29 is 9.90 Å². The molecular formula is C9H11BrN2O2. The summed E-state index contributed by atoms with van der Waals surface area (Å²) < 4.78 is 2.43. The quantitative estimate of drug-likeness (QED) is 0.838. The first-order valence-corrected chi connectivity index (χ1v) is 5.36. The Morgan fingerprint density at radius 1 is 1.71 bits per heavy atom. The Kier molecular flexibility index (Phi) is 2.34. The molecule has 0 radical (unpaired) electrons. The lowest BCUT2D eigenvalue weighted by Gasteiger charge is -2.23. The summed E-state index contributed by atoms with van der Waals surface area (Å²) in [5.74, 6) is -0.774. The topological polar surface area (TPSA) is 55.1 Å². The molecule has 1 atom stereocenters. The number of hydrogen-bond donors (Lipinski definition) is 1. The van der Waals surface area contributed by atoms with Gasteiger partial charge in [0.05, 0.1) is 5.69 Å². The van der Waals surface area contributed by atoms with Gasteiger partial charge in [0.2, 0.25) is 0 Å². The summed E-state index contributed by atoms with van der Waals surface area (Å²) in [6, 6.07) is -0.450. The molecule has 0 fully saturated rings. The number of aromatic nitrogens is 2. The summed E-state index contributed by atoms with van der Waals surface area (Å²) in [5.41, 5.74) is 1.98. The molecule has 5 heteroatoms. The molecule has 0 aromatic carbocycles. The van der Waals surface area contributed by atoms with Gasteiger partial charge >= 0.3 is 5.97 Å². The molecule has 2 rings (SSSR count). The van der Waals surface area contributed by atoms with Gasteiger partial charge in [-0.15, -0.1) is 0 Å². The smallest absolute Gasteiger partial charge is 0.326 e. The van der Waals surface area contributed by atoms with E-state index in [1.54, 1.807) is 4.57 Å². The summed E-state index contributed by atoms with van der Waals surface area (Å²) in [4.78, 5) is 15.3. The van der Waals surface area contributed by atoms with E-state index in [2.05, 4.69) is 20.9 Å². The van der Waals surface area contributed by atoms with Crippen molar-refractivity contribution in [3.05, 3.63) is 16.1 Å². The Morgan fingerprint density at radius 3 is 3.07 bits per heavy atom. The molecule has 2 heterocycles. The van der Waals surface area contributed by atoms with Crippen molar-refractivity contribution in [3.63, 3.8) is 0 Å². The molecule has 1 aliphatic rings. The Hall–Kier alpha value is -0.840. The van der Waals surface area contributed by atoms with Crippen LogP contribution in [0.15, 0.2) is 4.73 Å². The van der Waals surface area contributed by atoms with E-state index in [-0.39, 0.29) is 0 Å². The summed E-state index contributed by atoms with van der Waals surface area (Å²) in [5, 5.41) is 9.05. The summed E-state index contributed by atoms with van der Waals surface area (Å²) in [6.45, 7) is 1.92. The third-order valence-corrected chi connectivity index (χ3v) is 3.21. The van der Waals surface area contributed by atoms with E-state index < -0.39 is 12.0 Å². The molecule has 0 aliphatic carbocycles. The number of carboxylic acid groups (broad SMARTS) is 1. The van der Waals surface area contributed by atoms with Crippen molar-refractivity contribution >= 4 is 21.9 Å². The number of imidazole rings is 1. The van der Waals surface area contributed by atoms with Gasteiger partial charge in [-0.3, -0.25) is 0 Å². The van der Waals surface area contributed by atoms with E-state index >= 15 is 0 Å². The average molecular weight is 259 g/mol. The van der Waals surface area contributed by atoms with Crippen LogP contribution in [-0.4, -0.2) is 20.6 Å². The Balaban J connectivity index is 2.53. The minimum atomic E-state index is -0.774. The molecule has 1 unspecified atom stereocenters. The molecule has 0 bridgehead atoms. The second kappa shape index (κ2) is 3.38. The van der Waals surface area contributed by atoms with Gasteiger partial charge in [0, 0.05) is 5.69 Å². The van der Waals surface area contributed by atoms with Crippen molar-refractivity contribution in [2.75, 3.05) is 0 Å². The number of aliphatic carboxylic acids is 1. The molecule has 76 valence electrons. The van der Waals surface area contributed by atoms with Crippen LogP contribution in [0.4, 0.5) is 0 Å². The SMILES string of the molecule is Cc1nc(Br)n2c1CCCC2C(=O)O. The predicted molar refractivity (Wildman–Crippen MR) is 54.3 cm³/mol. The average Bonchev–Trinajstić information content (AvgIpc) is 2.43. The van der Waals surface area contributed by atoms with Gasteiger partial charge in [-0.2, -0.15) is 0 Å². The summed E-state index contributed by atoms with van der Waals surface area (Å²) >= 11 is 3.30. The maximum atomic E-state index is 11.0. The highest BCUT2D eigenvalue weighted by atomic mass is 79.9. The van der Waals surface area contributed by atoms with Crippen LogP contribution in [0.25, 0.3) is 0 Å². The first-order valence-electron chi connectivity index (χ1n) is 4.57. The first-order chi connectivity index (χ1) is 6.61. The van der Waals surface area contributed by atoms with Gasteiger partial charge in [0.25, 0.3) is 0 Å². The maximum Gasteiger partial charge on any atom is 0.326 e. The van der Waals surface area contributed by atoms with Crippen LogP contribution in [-0.2, 0) is 11.2 Å². The molecule has 0 amide bonds. The number of aryl methyl sites for hydroxylation is 1. The molecule has 1 aromatic rings. The third kappa shape index (κ3) is 1.35. The van der Waals surface area contributed by atoms with E-state index in [0.29, 0.717) is 11.2 Å². The molecule has 0 saturated heterocycles. The van der Waals surface area contributed by atoms with Crippen LogP contribution in [0, 0.1) is 6.92 Å². The summed E-state index contributed by atoms with van der Waals surface area (Å²) in [7, 11) is 0. The van der Waals surface area contributed by atoms with Crippen molar-refractivity contribution in [3.8, 4) is 0 Å². The normalized spacial score (nSPS) is 20.6. The Bertz CT molecular complexity index is 386. The number of rotatable bonds is 1. The number of fused-ring (bicyclic) bond motifs is 1. The van der Waals surface area contributed by atoms with Crippen LogP contribution < -0.4 is 0 Å². The van der Waals surface area contributed by atoms with Gasteiger partial charge in [-0.1, -0.05) is 0 Å². The number of carbonyl (C=O) groups is 1. The fourth-order valence-electron chi connectivity index (χ4n) is 1.99. The van der Waals surface area contributed by atoms with E-state index in [9.17, 15) is 4.79 Å². The fraction of sp³-hybridized carbons (Fsp3) is 0.556. The lowest BCUT2D eigenvalue weighted by molar-refractivity contribution is -0.141. The molecule has 4 nitrogen and oxygen atoms in total. The van der Waals surface area contributed by atoms with E-state index in [4.69, 9.17) is 5.11 Å². The fourth-order valence-corrected chi connectivity index (χ4v) is 2.71. The lowest BCUT2D eigenvalue weighted by Crippen LogP contribution is -2.25. The van der Waals surface area contributed by atoms with Crippen LogP contribution in [0.2, 0.25) is 0 Å². The number of halogens is 1. The largest absolute Gasteiger partial charge is 0.480 e. The minimum Gasteiger partial charge on any atom is -0.480 e. The molecule has 0 saturated carbocycles. The van der Waals surface area contributed by atoms with Gasteiger partial charge in [0.1, 0.15) is 6.04 Å². The second-order valence-electron chi connectivity index (χ2n) is 3.53. The van der Waals surface area contributed by atoms with Crippen molar-refractivity contribution in [2.24, 2.45) is 0 Å². The zero-order valence-electron chi connectivity index (χ0n) is 7.83. The first kappa shape index (κ1) is 9.71. The molecule has 0 spiro atoms. The Morgan fingerprint density at radius 2 is 2.43 bits per heavy atom. The minimum absolute atomic E-state index is 0.450. The van der Waals surface area contributed by atoms with Gasteiger partial charge in [-0.05, 0) is 42.1 Å². The van der Waals surface area contributed by atoms with Crippen molar-refractivity contribution in [1.29, 1.82) is 0 Å². The zero-order chi connectivity index (χ0) is 10.3. The van der Waals surface area contributed by atoms with E-state index in [1.807, 2.05) is 6.92 Å². The standard InChI is InChI=1S/C9H11BrN2O2/c1-5-6-3-2-4-7(8(13)14)12(6)9(10)11-5/h7H,2-4H2,1H3,(H,13,14). The van der Waals surface area contributed by atoms with Crippen molar-refractivity contribution in [1.82, 2.24) is 9.55 Å². The van der Waals surface area contributed by atoms with Crippen LogP contribution in [0.3, 0.4) is 0 Å². The van der Waals surface area contributed by atoms with Gasteiger partial charge in [0.15, 0.2) is 4.73 Å².